The lowest BCUT2D eigenvalue weighted by molar-refractivity contribution is 0.666. The average Bonchev–Trinajstić information content (AvgIpc) is 3.75. The molecule has 0 radical (unpaired) electrons. The van der Waals surface area contributed by atoms with Crippen molar-refractivity contribution in [2.75, 3.05) is 0 Å². The minimum atomic E-state index is 0.905. The third-order valence-electron chi connectivity index (χ3n) is 9.32. The third-order valence-corrected chi connectivity index (χ3v) is 9.32. The highest BCUT2D eigenvalue weighted by Crippen LogP contribution is 2.41. The molecule has 7 aromatic carbocycles. The molecule has 3 aromatic heterocycles. The summed E-state index contributed by atoms with van der Waals surface area (Å²) >= 11 is 0. The van der Waals surface area contributed by atoms with Crippen LogP contribution in [0.1, 0.15) is 0 Å². The van der Waals surface area contributed by atoms with Gasteiger partial charge in [-0.05, 0) is 59.7 Å². The first-order valence-corrected chi connectivity index (χ1v) is 15.4. The van der Waals surface area contributed by atoms with Crippen LogP contribution in [-0.2, 0) is 0 Å². The Kier molecular flexibility index (Phi) is 5.00. The number of hydrogen-bond donors (Lipinski definition) is 0. The fourth-order valence-corrected chi connectivity index (χ4v) is 7.31. The van der Waals surface area contributed by atoms with Gasteiger partial charge in [-0.2, -0.15) is 0 Å². The summed E-state index contributed by atoms with van der Waals surface area (Å²) in [6.07, 6.45) is 0. The number of nitrogens with zero attached hydrogens (tertiary/aromatic N) is 2. The Labute approximate surface area is 258 Å². The number of rotatable bonds is 3. The summed E-state index contributed by atoms with van der Waals surface area (Å²) in [7, 11) is 0. The molecule has 0 saturated carbocycles. The van der Waals surface area contributed by atoms with Crippen molar-refractivity contribution in [3.63, 3.8) is 0 Å². The number of hydrogen-bond acceptors (Lipinski definition) is 1. The Bertz CT molecular complexity index is 2740. The van der Waals surface area contributed by atoms with Crippen LogP contribution in [0.4, 0.5) is 0 Å². The van der Waals surface area contributed by atoms with Gasteiger partial charge in [0.15, 0.2) is 5.58 Å². The van der Waals surface area contributed by atoms with E-state index in [-0.39, 0.29) is 0 Å². The first kappa shape index (κ1) is 24.4. The van der Waals surface area contributed by atoms with E-state index in [4.69, 9.17) is 4.42 Å². The summed E-state index contributed by atoms with van der Waals surface area (Å²) in [4.78, 5) is 0. The fraction of sp³-hybridized carbons (Fsp3) is 0. The van der Waals surface area contributed by atoms with E-state index in [2.05, 4.69) is 161 Å². The predicted molar refractivity (Wildman–Crippen MR) is 188 cm³/mol. The van der Waals surface area contributed by atoms with E-state index < -0.39 is 0 Å². The van der Waals surface area contributed by atoms with Crippen LogP contribution in [0.15, 0.2) is 162 Å². The monoisotopic (exact) mass is 574 g/mol. The predicted octanol–water partition coefficient (Wildman–Crippen LogP) is 11.4. The summed E-state index contributed by atoms with van der Waals surface area (Å²) < 4.78 is 11.3. The number of benzene rings is 7. The quantitative estimate of drug-likeness (QED) is 0.206. The Morgan fingerprint density at radius 2 is 0.911 bits per heavy atom. The van der Waals surface area contributed by atoms with Crippen LogP contribution in [0.3, 0.4) is 0 Å². The summed E-state index contributed by atoms with van der Waals surface area (Å²) in [5.41, 5.74) is 11.2. The molecular formula is C42H26N2O. The van der Waals surface area contributed by atoms with Gasteiger partial charge in [-0.1, -0.05) is 109 Å². The summed E-state index contributed by atoms with van der Waals surface area (Å²) in [6, 6.07) is 56.5. The second-order valence-corrected chi connectivity index (χ2v) is 11.8. The van der Waals surface area contributed by atoms with E-state index in [0.717, 1.165) is 38.8 Å². The number of furan rings is 1. The maximum Gasteiger partial charge on any atom is 0.159 e. The van der Waals surface area contributed by atoms with E-state index in [1.807, 2.05) is 6.07 Å². The molecule has 10 rings (SSSR count). The highest BCUT2D eigenvalue weighted by atomic mass is 16.3. The summed E-state index contributed by atoms with van der Waals surface area (Å²) in [6.45, 7) is 0. The van der Waals surface area contributed by atoms with Gasteiger partial charge in [0.25, 0.3) is 0 Å². The van der Waals surface area contributed by atoms with Gasteiger partial charge in [-0.15, -0.1) is 0 Å². The zero-order valence-corrected chi connectivity index (χ0v) is 24.3. The van der Waals surface area contributed by atoms with Crippen LogP contribution >= 0.6 is 0 Å². The van der Waals surface area contributed by atoms with E-state index in [0.29, 0.717) is 0 Å². The molecule has 0 fully saturated rings. The van der Waals surface area contributed by atoms with Gasteiger partial charge in [0.2, 0.25) is 0 Å². The van der Waals surface area contributed by atoms with Gasteiger partial charge in [0.1, 0.15) is 5.58 Å². The van der Waals surface area contributed by atoms with Gasteiger partial charge < -0.3 is 13.6 Å². The summed E-state index contributed by atoms with van der Waals surface area (Å²) in [5, 5.41) is 7.17. The first-order chi connectivity index (χ1) is 22.3. The van der Waals surface area contributed by atoms with Crippen molar-refractivity contribution in [3.05, 3.63) is 158 Å². The zero-order valence-electron chi connectivity index (χ0n) is 24.3. The zero-order chi connectivity index (χ0) is 29.5. The molecule has 0 unspecified atom stereocenters. The molecule has 0 N–H and O–H groups in total. The van der Waals surface area contributed by atoms with Gasteiger partial charge in [-0.25, -0.2) is 0 Å². The van der Waals surface area contributed by atoms with Gasteiger partial charge in [0.05, 0.1) is 27.8 Å². The van der Waals surface area contributed by atoms with Crippen molar-refractivity contribution in [2.24, 2.45) is 0 Å². The minimum absolute atomic E-state index is 0.905. The molecule has 10 aromatic rings. The van der Waals surface area contributed by atoms with E-state index in [9.17, 15) is 0 Å². The van der Waals surface area contributed by atoms with Crippen molar-refractivity contribution >= 4 is 65.6 Å². The topological polar surface area (TPSA) is 23.0 Å². The van der Waals surface area contributed by atoms with Crippen LogP contribution in [0, 0.1) is 0 Å². The van der Waals surface area contributed by atoms with E-state index >= 15 is 0 Å². The van der Waals surface area contributed by atoms with Crippen LogP contribution in [0.2, 0.25) is 0 Å². The molecule has 0 aliphatic rings. The molecular weight excluding hydrogens is 548 g/mol. The normalized spacial score (nSPS) is 12.0. The largest absolute Gasteiger partial charge is 0.454 e. The summed E-state index contributed by atoms with van der Waals surface area (Å²) in [5.74, 6) is 0. The van der Waals surface area contributed by atoms with Crippen molar-refractivity contribution in [1.82, 2.24) is 9.13 Å². The minimum Gasteiger partial charge on any atom is -0.454 e. The van der Waals surface area contributed by atoms with Crippen molar-refractivity contribution in [3.8, 4) is 22.5 Å². The Morgan fingerprint density at radius 3 is 1.64 bits per heavy atom. The van der Waals surface area contributed by atoms with E-state index in [1.165, 1.54) is 49.2 Å². The Hall–Kier alpha value is -6.06. The van der Waals surface area contributed by atoms with Crippen LogP contribution in [-0.4, -0.2) is 9.13 Å². The lowest BCUT2D eigenvalue weighted by atomic mass is 10.1. The highest BCUT2D eigenvalue weighted by Gasteiger charge is 2.20. The molecule has 3 heterocycles. The molecule has 210 valence electrons. The number of aromatic nitrogens is 2. The van der Waals surface area contributed by atoms with Gasteiger partial charge in [-0.3, -0.25) is 0 Å². The lowest BCUT2D eigenvalue weighted by Crippen LogP contribution is -1.95. The van der Waals surface area contributed by atoms with Crippen molar-refractivity contribution in [1.29, 1.82) is 0 Å². The molecule has 0 saturated heterocycles. The second-order valence-electron chi connectivity index (χ2n) is 11.8. The van der Waals surface area contributed by atoms with E-state index in [1.54, 1.807) is 0 Å². The first-order valence-electron chi connectivity index (χ1n) is 15.4. The molecule has 0 amide bonds. The maximum absolute atomic E-state index is 6.54. The SMILES string of the molecule is c1ccc(-c2ccc(-n3c4ccccc4c4cc5c(cc43)c3ccccc3n5-c3cccc4c3oc3ccccc34)cc2)cc1. The molecule has 0 spiro atoms. The molecule has 3 heteroatoms. The van der Waals surface area contributed by atoms with Gasteiger partial charge in [0, 0.05) is 38.0 Å². The standard InChI is InChI=1S/C42H26N2O/c1-2-11-27(12-3-1)28-21-23-29(24-22-28)43-36-17-7-4-13-30(36)34-26-40-35(25-39(34)43)31-14-5-8-18-37(31)44(40)38-19-10-16-33-32-15-6-9-20-41(32)45-42(33)38/h1-26H. The van der Waals surface area contributed by atoms with Crippen LogP contribution in [0.25, 0.3) is 88.1 Å². The number of fused-ring (bicyclic) bond motifs is 9. The highest BCUT2D eigenvalue weighted by molar-refractivity contribution is 6.19. The average molecular weight is 575 g/mol. The van der Waals surface area contributed by atoms with Crippen LogP contribution < -0.4 is 0 Å². The molecule has 3 nitrogen and oxygen atoms in total. The van der Waals surface area contributed by atoms with Gasteiger partial charge >= 0.3 is 0 Å². The maximum atomic E-state index is 6.54. The smallest absolute Gasteiger partial charge is 0.159 e. The Balaban J connectivity index is 1.28. The molecule has 0 aliphatic heterocycles. The molecule has 0 bridgehead atoms. The van der Waals surface area contributed by atoms with Crippen molar-refractivity contribution < 1.29 is 4.42 Å². The fourth-order valence-electron chi connectivity index (χ4n) is 7.31. The number of para-hydroxylation sites is 4. The Morgan fingerprint density at radius 1 is 0.356 bits per heavy atom. The lowest BCUT2D eigenvalue weighted by Gasteiger charge is -2.10. The van der Waals surface area contributed by atoms with Crippen molar-refractivity contribution in [2.45, 2.75) is 0 Å². The second kappa shape index (κ2) is 9.22. The third kappa shape index (κ3) is 3.46. The molecule has 0 aliphatic carbocycles. The van der Waals surface area contributed by atoms with Crippen LogP contribution in [0.5, 0.6) is 0 Å². The molecule has 45 heavy (non-hydrogen) atoms. The molecule has 0 atom stereocenters.